The summed E-state index contributed by atoms with van der Waals surface area (Å²) >= 11 is 0. The molecule has 1 spiro atoms. The molecule has 4 N–H and O–H groups in total. The predicted octanol–water partition coefficient (Wildman–Crippen LogP) is 1.11. The third-order valence-electron chi connectivity index (χ3n) is 4.56. The van der Waals surface area contributed by atoms with Gasteiger partial charge in [-0.2, -0.15) is 0 Å². The van der Waals surface area contributed by atoms with E-state index in [1.807, 2.05) is 0 Å². The number of primary amides is 1. The Labute approximate surface area is 117 Å². The summed E-state index contributed by atoms with van der Waals surface area (Å²) < 4.78 is 0. The first kappa shape index (κ1) is 13.1. The van der Waals surface area contributed by atoms with Crippen molar-refractivity contribution >= 4 is 17.5 Å². The van der Waals surface area contributed by atoms with Gasteiger partial charge in [-0.25, -0.2) is 0 Å². The highest BCUT2D eigenvalue weighted by atomic mass is 16.2. The van der Waals surface area contributed by atoms with Crippen molar-refractivity contribution in [3.8, 4) is 0 Å². The van der Waals surface area contributed by atoms with Crippen molar-refractivity contribution in [3.05, 3.63) is 29.8 Å². The molecule has 2 fully saturated rings. The molecule has 2 aliphatic rings. The molecule has 1 aliphatic carbocycles. The van der Waals surface area contributed by atoms with Crippen LogP contribution in [0, 0.1) is 11.3 Å². The molecule has 5 nitrogen and oxygen atoms in total. The number of nitrogens with two attached hydrogens (primary N) is 1. The first-order valence-corrected chi connectivity index (χ1v) is 7.03. The van der Waals surface area contributed by atoms with Gasteiger partial charge < -0.3 is 16.4 Å². The Morgan fingerprint density at radius 1 is 1.25 bits per heavy atom. The first-order valence-electron chi connectivity index (χ1n) is 7.03. The van der Waals surface area contributed by atoms with E-state index in [9.17, 15) is 9.59 Å². The van der Waals surface area contributed by atoms with E-state index in [4.69, 9.17) is 5.73 Å². The molecule has 20 heavy (non-hydrogen) atoms. The summed E-state index contributed by atoms with van der Waals surface area (Å²) in [5, 5.41) is 6.19. The molecule has 1 unspecified atom stereocenters. The van der Waals surface area contributed by atoms with E-state index < -0.39 is 5.91 Å². The van der Waals surface area contributed by atoms with Crippen molar-refractivity contribution in [1.29, 1.82) is 0 Å². The lowest BCUT2D eigenvalue weighted by Crippen LogP contribution is -2.31. The van der Waals surface area contributed by atoms with Gasteiger partial charge in [0.25, 0.3) is 5.91 Å². The quantitative estimate of drug-likeness (QED) is 0.771. The van der Waals surface area contributed by atoms with Crippen molar-refractivity contribution in [3.63, 3.8) is 0 Å². The lowest BCUT2D eigenvalue weighted by Gasteiger charge is -2.23. The van der Waals surface area contributed by atoms with Gasteiger partial charge in [0.2, 0.25) is 5.91 Å². The Hall–Kier alpha value is -1.88. The van der Waals surface area contributed by atoms with Gasteiger partial charge in [-0.3, -0.25) is 9.59 Å². The Bertz CT molecular complexity index is 550. The van der Waals surface area contributed by atoms with Gasteiger partial charge in [0.1, 0.15) is 0 Å². The van der Waals surface area contributed by atoms with Crippen LogP contribution in [0.5, 0.6) is 0 Å². The smallest absolute Gasteiger partial charge is 0.250 e. The Kier molecular flexibility index (Phi) is 3.22. The molecule has 1 aromatic carbocycles. The van der Waals surface area contributed by atoms with Crippen LogP contribution in [-0.4, -0.2) is 24.9 Å². The summed E-state index contributed by atoms with van der Waals surface area (Å²) in [6, 6.07) is 6.87. The third-order valence-corrected chi connectivity index (χ3v) is 4.56. The minimum Gasteiger partial charge on any atom is -0.366 e. The Morgan fingerprint density at radius 2 is 1.95 bits per heavy atom. The summed E-state index contributed by atoms with van der Waals surface area (Å²) in [4.78, 5) is 23.7. The van der Waals surface area contributed by atoms with E-state index in [1.165, 1.54) is 0 Å². The first-order chi connectivity index (χ1) is 9.62. The molecule has 2 amide bonds. The lowest BCUT2D eigenvalue weighted by molar-refractivity contribution is -0.118. The van der Waals surface area contributed by atoms with Crippen LogP contribution in [0.2, 0.25) is 0 Å². The molecule has 0 aromatic heterocycles. The second-order valence-corrected chi connectivity index (χ2v) is 5.77. The third kappa shape index (κ3) is 2.29. The largest absolute Gasteiger partial charge is 0.366 e. The number of para-hydroxylation sites is 1. The van der Waals surface area contributed by atoms with E-state index in [0.717, 1.165) is 32.4 Å². The number of piperidine rings is 1. The second-order valence-electron chi connectivity index (χ2n) is 5.77. The summed E-state index contributed by atoms with van der Waals surface area (Å²) in [5.41, 5.74) is 6.39. The van der Waals surface area contributed by atoms with Crippen molar-refractivity contribution in [2.45, 2.75) is 19.3 Å². The number of carbonyl (C=O) groups is 2. The fraction of sp³-hybridized carbons (Fsp3) is 0.467. The number of amides is 2. The van der Waals surface area contributed by atoms with Gasteiger partial charge in [0.15, 0.2) is 0 Å². The van der Waals surface area contributed by atoms with Gasteiger partial charge in [-0.05, 0) is 49.9 Å². The standard InChI is InChI=1S/C15H19N3O2/c16-13(19)10-3-1-2-4-12(10)18-14(20)11-9-15(11)5-7-17-8-6-15/h1-4,11,17H,5-9H2,(H2,16,19)(H,18,20). The number of hydrogen-bond donors (Lipinski definition) is 3. The zero-order valence-corrected chi connectivity index (χ0v) is 11.3. The van der Waals surface area contributed by atoms with E-state index in [2.05, 4.69) is 10.6 Å². The zero-order valence-electron chi connectivity index (χ0n) is 11.3. The van der Waals surface area contributed by atoms with E-state index in [0.29, 0.717) is 11.3 Å². The highest BCUT2D eigenvalue weighted by molar-refractivity contribution is 6.04. The number of benzene rings is 1. The minimum atomic E-state index is -0.520. The van der Waals surface area contributed by atoms with E-state index in [1.54, 1.807) is 24.3 Å². The van der Waals surface area contributed by atoms with Gasteiger partial charge in [-0.1, -0.05) is 12.1 Å². The van der Waals surface area contributed by atoms with Crippen molar-refractivity contribution in [2.24, 2.45) is 17.1 Å². The molecule has 106 valence electrons. The number of anilines is 1. The topological polar surface area (TPSA) is 84.2 Å². The molecule has 1 saturated carbocycles. The number of rotatable bonds is 3. The average molecular weight is 273 g/mol. The van der Waals surface area contributed by atoms with E-state index in [-0.39, 0.29) is 17.2 Å². The van der Waals surface area contributed by atoms with Crippen LogP contribution in [0.4, 0.5) is 5.69 Å². The predicted molar refractivity (Wildman–Crippen MR) is 76.2 cm³/mol. The number of hydrogen-bond acceptors (Lipinski definition) is 3. The highest BCUT2D eigenvalue weighted by Gasteiger charge is 2.57. The molecular formula is C15H19N3O2. The van der Waals surface area contributed by atoms with Crippen molar-refractivity contribution < 1.29 is 9.59 Å². The van der Waals surface area contributed by atoms with Gasteiger partial charge in [0, 0.05) is 5.92 Å². The molecular weight excluding hydrogens is 254 g/mol. The molecule has 1 aromatic rings. The fourth-order valence-corrected chi connectivity index (χ4v) is 3.22. The Balaban J connectivity index is 1.70. The molecule has 1 aliphatic heterocycles. The van der Waals surface area contributed by atoms with Crippen molar-refractivity contribution in [1.82, 2.24) is 5.32 Å². The van der Waals surface area contributed by atoms with Crippen LogP contribution in [-0.2, 0) is 4.79 Å². The number of nitrogens with one attached hydrogen (secondary N) is 2. The number of carbonyl (C=O) groups excluding carboxylic acids is 2. The van der Waals surface area contributed by atoms with Crippen LogP contribution in [0.3, 0.4) is 0 Å². The molecule has 0 radical (unpaired) electrons. The average Bonchev–Trinajstić information content (AvgIpc) is 3.13. The van der Waals surface area contributed by atoms with Gasteiger partial charge >= 0.3 is 0 Å². The summed E-state index contributed by atoms with van der Waals surface area (Å²) in [7, 11) is 0. The fourth-order valence-electron chi connectivity index (χ4n) is 3.22. The van der Waals surface area contributed by atoms with Crippen LogP contribution in [0.15, 0.2) is 24.3 Å². The minimum absolute atomic E-state index is 0.0144. The lowest BCUT2D eigenvalue weighted by atomic mass is 9.91. The molecule has 3 rings (SSSR count). The van der Waals surface area contributed by atoms with E-state index >= 15 is 0 Å². The Morgan fingerprint density at radius 3 is 2.65 bits per heavy atom. The molecule has 5 heteroatoms. The molecule has 1 saturated heterocycles. The maximum Gasteiger partial charge on any atom is 0.250 e. The maximum absolute atomic E-state index is 12.3. The maximum atomic E-state index is 12.3. The molecule has 0 bridgehead atoms. The summed E-state index contributed by atoms with van der Waals surface area (Å²) in [5.74, 6) is -0.431. The van der Waals surface area contributed by atoms with Crippen LogP contribution < -0.4 is 16.4 Å². The highest BCUT2D eigenvalue weighted by Crippen LogP contribution is 2.58. The van der Waals surface area contributed by atoms with Crippen LogP contribution >= 0.6 is 0 Å². The van der Waals surface area contributed by atoms with Gasteiger partial charge in [-0.15, -0.1) is 0 Å². The second kappa shape index (κ2) is 4.90. The van der Waals surface area contributed by atoms with Crippen LogP contribution in [0.25, 0.3) is 0 Å². The zero-order chi connectivity index (χ0) is 14.2. The monoisotopic (exact) mass is 273 g/mol. The molecule has 1 heterocycles. The normalized spacial score (nSPS) is 23.3. The van der Waals surface area contributed by atoms with Gasteiger partial charge in [0.05, 0.1) is 11.3 Å². The molecule has 1 atom stereocenters. The summed E-state index contributed by atoms with van der Waals surface area (Å²) in [6.45, 7) is 1.98. The summed E-state index contributed by atoms with van der Waals surface area (Å²) in [6.07, 6.45) is 3.07. The SMILES string of the molecule is NC(=O)c1ccccc1NC(=O)C1CC12CCNCC2. The van der Waals surface area contributed by atoms with Crippen LogP contribution in [0.1, 0.15) is 29.6 Å². The van der Waals surface area contributed by atoms with Crippen molar-refractivity contribution in [2.75, 3.05) is 18.4 Å².